The van der Waals surface area contributed by atoms with Gasteiger partial charge in [0.25, 0.3) is 5.91 Å². The summed E-state index contributed by atoms with van der Waals surface area (Å²) < 4.78 is 11.5. The number of nitrogens with zero attached hydrogens (tertiary/aromatic N) is 4. The predicted molar refractivity (Wildman–Crippen MR) is 107 cm³/mol. The minimum absolute atomic E-state index is 0.276. The number of benzene rings is 1. The number of rotatable bonds is 4. The van der Waals surface area contributed by atoms with Gasteiger partial charge in [-0.25, -0.2) is 9.97 Å². The Balaban J connectivity index is 1.35. The van der Waals surface area contributed by atoms with E-state index >= 15 is 0 Å². The van der Waals surface area contributed by atoms with Crippen LogP contribution in [0.15, 0.2) is 36.7 Å². The first kappa shape index (κ1) is 18.6. The van der Waals surface area contributed by atoms with Crippen LogP contribution in [0.2, 0.25) is 0 Å². The van der Waals surface area contributed by atoms with E-state index in [1.165, 1.54) is 6.20 Å². The van der Waals surface area contributed by atoms with Crippen molar-refractivity contribution in [3.63, 3.8) is 0 Å². The Hall–Kier alpha value is -2.71. The number of nitrogens with one attached hydrogen (secondary N) is 1. The highest BCUT2D eigenvalue weighted by Crippen LogP contribution is 2.32. The van der Waals surface area contributed by atoms with Gasteiger partial charge in [-0.05, 0) is 24.3 Å². The largest absolute Gasteiger partial charge is 0.378 e. The summed E-state index contributed by atoms with van der Waals surface area (Å²) >= 11 is 0. The molecule has 0 saturated carbocycles. The molecule has 3 heterocycles. The minimum Gasteiger partial charge on any atom is -0.378 e. The van der Waals surface area contributed by atoms with Crippen LogP contribution in [0.1, 0.15) is 23.3 Å². The Morgan fingerprint density at radius 1 is 1.07 bits per heavy atom. The fraction of sp³-hybridized carbons (Fsp3) is 0.450. The first-order valence-electron chi connectivity index (χ1n) is 9.48. The lowest BCUT2D eigenvalue weighted by Gasteiger charge is -2.37. The highest BCUT2D eigenvalue weighted by molar-refractivity contribution is 6.02. The molecule has 0 atom stereocenters. The van der Waals surface area contributed by atoms with E-state index in [0.717, 1.165) is 43.1 Å². The summed E-state index contributed by atoms with van der Waals surface area (Å²) in [5.74, 6) is 0.0769. The van der Waals surface area contributed by atoms with Crippen molar-refractivity contribution in [3.05, 3.63) is 42.4 Å². The van der Waals surface area contributed by atoms with Crippen LogP contribution in [0.5, 0.6) is 0 Å². The molecule has 148 valence electrons. The topological polar surface area (TPSA) is 79.8 Å². The summed E-state index contributed by atoms with van der Waals surface area (Å²) in [6.07, 6.45) is 4.78. The number of hydrogen-bond donors (Lipinski definition) is 1. The van der Waals surface area contributed by atoms with E-state index in [1.54, 1.807) is 6.20 Å². The maximum atomic E-state index is 12.4. The summed E-state index contributed by atoms with van der Waals surface area (Å²) in [6.45, 7) is 2.92. The van der Waals surface area contributed by atoms with Crippen molar-refractivity contribution in [1.29, 1.82) is 0 Å². The molecule has 8 heteroatoms. The average Bonchev–Trinajstić information content (AvgIpc) is 3.17. The molecule has 1 spiro atoms. The fourth-order valence-electron chi connectivity index (χ4n) is 3.50. The van der Waals surface area contributed by atoms with Crippen LogP contribution in [0.25, 0.3) is 0 Å². The Kier molecular flexibility index (Phi) is 5.15. The summed E-state index contributed by atoms with van der Waals surface area (Å²) in [4.78, 5) is 25.3. The maximum absolute atomic E-state index is 12.4. The van der Waals surface area contributed by atoms with Crippen LogP contribution < -0.4 is 15.1 Å². The van der Waals surface area contributed by atoms with E-state index in [2.05, 4.69) is 20.2 Å². The second kappa shape index (κ2) is 7.73. The van der Waals surface area contributed by atoms with Gasteiger partial charge in [0.15, 0.2) is 5.79 Å². The van der Waals surface area contributed by atoms with E-state index in [1.807, 2.05) is 43.3 Å². The van der Waals surface area contributed by atoms with Gasteiger partial charge in [0, 0.05) is 51.4 Å². The number of carbonyl (C=O) groups is 1. The molecule has 28 heavy (non-hydrogen) atoms. The molecule has 0 radical (unpaired) electrons. The van der Waals surface area contributed by atoms with Gasteiger partial charge in [-0.1, -0.05) is 0 Å². The second-order valence-corrected chi connectivity index (χ2v) is 7.25. The molecular formula is C20H25N5O3. The highest BCUT2D eigenvalue weighted by Gasteiger charge is 2.40. The molecule has 1 aromatic heterocycles. The number of aromatic nitrogens is 2. The molecule has 0 aliphatic carbocycles. The molecule has 2 aliphatic rings. The molecule has 1 amide bonds. The summed E-state index contributed by atoms with van der Waals surface area (Å²) in [7, 11) is 3.95. The zero-order chi connectivity index (χ0) is 19.6. The van der Waals surface area contributed by atoms with E-state index in [9.17, 15) is 4.79 Å². The molecule has 4 rings (SSSR count). The Morgan fingerprint density at radius 3 is 2.32 bits per heavy atom. The SMILES string of the molecule is CN(C)c1ccc(NC(=O)c2cnc(N3CCC4(CC3)OCCO4)cn2)cc1. The first-order chi connectivity index (χ1) is 13.5. The average molecular weight is 383 g/mol. The van der Waals surface area contributed by atoms with E-state index in [-0.39, 0.29) is 11.6 Å². The molecule has 2 aliphatic heterocycles. The van der Waals surface area contributed by atoms with Crippen molar-refractivity contribution < 1.29 is 14.3 Å². The summed E-state index contributed by atoms with van der Waals surface area (Å²) in [5.41, 5.74) is 2.08. The molecule has 2 saturated heterocycles. The lowest BCUT2D eigenvalue weighted by atomic mass is 10.0. The smallest absolute Gasteiger partial charge is 0.275 e. The summed E-state index contributed by atoms with van der Waals surface area (Å²) in [5, 5.41) is 2.85. The standard InChI is InChI=1S/C20H25N5O3/c1-24(2)16-5-3-15(4-6-16)23-19(26)17-13-22-18(14-21-17)25-9-7-20(8-10-25)27-11-12-28-20/h3-6,13-14H,7-12H2,1-2H3,(H,23,26). The zero-order valence-corrected chi connectivity index (χ0v) is 16.2. The van der Waals surface area contributed by atoms with Gasteiger partial charge in [0.05, 0.1) is 25.6 Å². The fourth-order valence-corrected chi connectivity index (χ4v) is 3.50. The van der Waals surface area contributed by atoms with E-state index < -0.39 is 5.79 Å². The van der Waals surface area contributed by atoms with Gasteiger partial charge in [0.2, 0.25) is 0 Å². The number of piperidine rings is 1. The number of amides is 1. The normalized spacial score (nSPS) is 18.3. The van der Waals surface area contributed by atoms with Gasteiger partial charge < -0.3 is 24.6 Å². The molecule has 0 unspecified atom stereocenters. The molecule has 0 bridgehead atoms. The van der Waals surface area contributed by atoms with Gasteiger partial charge >= 0.3 is 0 Å². The van der Waals surface area contributed by atoms with Crippen LogP contribution >= 0.6 is 0 Å². The zero-order valence-electron chi connectivity index (χ0n) is 16.2. The third-order valence-electron chi connectivity index (χ3n) is 5.18. The molecular weight excluding hydrogens is 358 g/mol. The van der Waals surface area contributed by atoms with Crippen molar-refractivity contribution in [2.24, 2.45) is 0 Å². The second-order valence-electron chi connectivity index (χ2n) is 7.25. The minimum atomic E-state index is -0.411. The van der Waals surface area contributed by atoms with Gasteiger partial charge in [-0.15, -0.1) is 0 Å². The van der Waals surface area contributed by atoms with Gasteiger partial charge in [-0.3, -0.25) is 4.79 Å². The third-order valence-corrected chi connectivity index (χ3v) is 5.18. The Bertz CT molecular complexity index is 807. The lowest BCUT2D eigenvalue weighted by Crippen LogP contribution is -2.45. The molecule has 2 aromatic rings. The third kappa shape index (κ3) is 3.93. The van der Waals surface area contributed by atoms with Crippen molar-refractivity contribution >= 4 is 23.1 Å². The Labute approximate surface area is 164 Å². The van der Waals surface area contributed by atoms with E-state index in [0.29, 0.717) is 13.2 Å². The van der Waals surface area contributed by atoms with Crippen molar-refractivity contribution in [1.82, 2.24) is 9.97 Å². The van der Waals surface area contributed by atoms with Crippen LogP contribution in [0, 0.1) is 0 Å². The van der Waals surface area contributed by atoms with Crippen LogP contribution in [0.4, 0.5) is 17.2 Å². The first-order valence-corrected chi connectivity index (χ1v) is 9.48. The molecule has 1 N–H and O–H groups in total. The van der Waals surface area contributed by atoms with Crippen LogP contribution in [0.3, 0.4) is 0 Å². The Morgan fingerprint density at radius 2 is 1.75 bits per heavy atom. The highest BCUT2D eigenvalue weighted by atomic mass is 16.7. The monoisotopic (exact) mass is 383 g/mol. The van der Waals surface area contributed by atoms with E-state index in [4.69, 9.17) is 9.47 Å². The van der Waals surface area contributed by atoms with Crippen LogP contribution in [-0.2, 0) is 9.47 Å². The van der Waals surface area contributed by atoms with Crippen molar-refractivity contribution in [3.8, 4) is 0 Å². The van der Waals surface area contributed by atoms with Crippen molar-refractivity contribution in [2.75, 3.05) is 55.5 Å². The van der Waals surface area contributed by atoms with Crippen molar-refractivity contribution in [2.45, 2.75) is 18.6 Å². The number of anilines is 3. The van der Waals surface area contributed by atoms with Gasteiger partial charge in [-0.2, -0.15) is 0 Å². The lowest BCUT2D eigenvalue weighted by molar-refractivity contribution is -0.169. The number of hydrogen-bond acceptors (Lipinski definition) is 7. The summed E-state index contributed by atoms with van der Waals surface area (Å²) in [6, 6.07) is 7.63. The molecule has 8 nitrogen and oxygen atoms in total. The maximum Gasteiger partial charge on any atom is 0.275 e. The van der Waals surface area contributed by atoms with Crippen LogP contribution in [-0.4, -0.2) is 62.1 Å². The molecule has 2 fully saturated rings. The quantitative estimate of drug-likeness (QED) is 0.866. The van der Waals surface area contributed by atoms with Gasteiger partial charge in [0.1, 0.15) is 11.5 Å². The number of carbonyl (C=O) groups excluding carboxylic acids is 1. The molecule has 1 aromatic carbocycles. The predicted octanol–water partition coefficient (Wildman–Crippen LogP) is 2.14. The number of ether oxygens (including phenoxy) is 2.